The van der Waals surface area contributed by atoms with Crippen molar-refractivity contribution >= 4 is 0 Å². The summed E-state index contributed by atoms with van der Waals surface area (Å²) in [6, 6.07) is 12.7. The minimum Gasteiger partial charge on any atom is -0.491 e. The number of hydrogen-bond acceptors (Lipinski definition) is 6. The van der Waals surface area contributed by atoms with Gasteiger partial charge in [-0.3, -0.25) is 0 Å². The van der Waals surface area contributed by atoms with E-state index in [1.807, 2.05) is 36.4 Å². The van der Waals surface area contributed by atoms with E-state index in [0.717, 1.165) is 29.7 Å². The number of ether oxygens (including phenoxy) is 2. The van der Waals surface area contributed by atoms with Crippen molar-refractivity contribution in [1.29, 1.82) is 0 Å². The van der Waals surface area contributed by atoms with Gasteiger partial charge in [0.25, 0.3) is 5.88 Å². The van der Waals surface area contributed by atoms with Gasteiger partial charge < -0.3 is 19.1 Å². The van der Waals surface area contributed by atoms with Gasteiger partial charge in [-0.2, -0.15) is 0 Å². The van der Waals surface area contributed by atoms with Crippen LogP contribution in [0.1, 0.15) is 31.2 Å². The first kappa shape index (κ1) is 16.4. The fraction of sp³-hybridized carbons (Fsp3) is 0.300. The molecule has 2 aromatic heterocycles. The second-order valence-electron chi connectivity index (χ2n) is 6.35. The first-order valence-corrected chi connectivity index (χ1v) is 8.77. The molecule has 0 unspecified atom stereocenters. The van der Waals surface area contributed by atoms with E-state index in [-0.39, 0.29) is 12.0 Å². The number of benzene rings is 1. The maximum atomic E-state index is 9.26. The van der Waals surface area contributed by atoms with Crippen LogP contribution in [0.2, 0.25) is 0 Å². The molecule has 0 amide bonds. The van der Waals surface area contributed by atoms with E-state index < -0.39 is 0 Å². The zero-order valence-corrected chi connectivity index (χ0v) is 14.3. The van der Waals surface area contributed by atoms with E-state index >= 15 is 0 Å². The van der Waals surface area contributed by atoms with Crippen molar-refractivity contribution in [1.82, 2.24) is 10.1 Å². The van der Waals surface area contributed by atoms with Crippen LogP contribution in [-0.4, -0.2) is 21.4 Å². The van der Waals surface area contributed by atoms with Crippen LogP contribution in [0.3, 0.4) is 0 Å². The summed E-state index contributed by atoms with van der Waals surface area (Å²) in [5, 5.41) is 12.7. The first-order valence-electron chi connectivity index (χ1n) is 8.77. The Hall–Kier alpha value is -3.02. The Bertz CT molecular complexity index is 854. The highest BCUT2D eigenvalue weighted by molar-refractivity contribution is 5.58. The highest BCUT2D eigenvalue weighted by Crippen LogP contribution is 2.27. The Morgan fingerprint density at radius 1 is 1.12 bits per heavy atom. The van der Waals surface area contributed by atoms with E-state index in [0.29, 0.717) is 18.2 Å². The lowest BCUT2D eigenvalue weighted by molar-refractivity contribution is 0.193. The van der Waals surface area contributed by atoms with E-state index in [4.69, 9.17) is 14.0 Å². The third-order valence-corrected chi connectivity index (χ3v) is 4.46. The monoisotopic (exact) mass is 352 g/mol. The Kier molecular flexibility index (Phi) is 4.73. The van der Waals surface area contributed by atoms with Crippen LogP contribution in [0.4, 0.5) is 0 Å². The number of nitrogens with zero attached hydrogens (tertiary/aromatic N) is 2. The van der Waals surface area contributed by atoms with Crippen molar-refractivity contribution in [3.63, 3.8) is 0 Å². The van der Waals surface area contributed by atoms with Crippen LogP contribution in [0.25, 0.3) is 11.3 Å². The maximum absolute atomic E-state index is 9.26. The van der Waals surface area contributed by atoms with Gasteiger partial charge in [0.15, 0.2) is 5.76 Å². The van der Waals surface area contributed by atoms with Crippen molar-refractivity contribution in [2.75, 3.05) is 0 Å². The molecule has 0 atom stereocenters. The molecule has 26 heavy (non-hydrogen) atoms. The van der Waals surface area contributed by atoms with Gasteiger partial charge in [-0.15, -0.1) is 0 Å². The van der Waals surface area contributed by atoms with E-state index in [9.17, 15) is 5.11 Å². The maximum Gasteiger partial charge on any atom is 0.252 e. The predicted molar refractivity (Wildman–Crippen MR) is 95.1 cm³/mol. The second-order valence-corrected chi connectivity index (χ2v) is 6.35. The summed E-state index contributed by atoms with van der Waals surface area (Å²) < 4.78 is 17.0. The Morgan fingerprint density at radius 2 is 1.92 bits per heavy atom. The number of aromatic nitrogens is 2. The molecule has 1 aliphatic carbocycles. The van der Waals surface area contributed by atoms with Crippen LogP contribution in [0.5, 0.6) is 17.5 Å². The Morgan fingerprint density at radius 3 is 2.65 bits per heavy atom. The average Bonchev–Trinajstić information content (AvgIpc) is 3.33. The lowest BCUT2D eigenvalue weighted by Crippen LogP contribution is -2.13. The molecule has 6 nitrogen and oxygen atoms in total. The quantitative estimate of drug-likeness (QED) is 0.711. The SMILES string of the molecule is Oc1cc(-c2ccc(OCc3cccnc3OC3CCCC3)cc2)on1. The van der Waals surface area contributed by atoms with Crippen LogP contribution in [0.15, 0.2) is 53.2 Å². The molecule has 1 fully saturated rings. The summed E-state index contributed by atoms with van der Waals surface area (Å²) in [6.45, 7) is 0.387. The smallest absolute Gasteiger partial charge is 0.252 e. The van der Waals surface area contributed by atoms with Gasteiger partial charge in [0.05, 0.1) is 5.56 Å². The third kappa shape index (κ3) is 3.79. The van der Waals surface area contributed by atoms with Crippen LogP contribution < -0.4 is 9.47 Å². The zero-order chi connectivity index (χ0) is 17.8. The minimum absolute atomic E-state index is 0.133. The van der Waals surface area contributed by atoms with Crippen molar-refractivity contribution in [3.05, 3.63) is 54.2 Å². The summed E-state index contributed by atoms with van der Waals surface area (Å²) >= 11 is 0. The number of hydrogen-bond donors (Lipinski definition) is 1. The van der Waals surface area contributed by atoms with Gasteiger partial charge in [-0.1, -0.05) is 0 Å². The molecule has 0 bridgehead atoms. The van der Waals surface area contributed by atoms with Crippen LogP contribution in [-0.2, 0) is 6.61 Å². The molecule has 1 aliphatic rings. The van der Waals surface area contributed by atoms with Crippen LogP contribution >= 0.6 is 0 Å². The van der Waals surface area contributed by atoms with Gasteiger partial charge >= 0.3 is 0 Å². The summed E-state index contributed by atoms with van der Waals surface area (Å²) in [6.07, 6.45) is 6.64. The number of rotatable bonds is 6. The first-order chi connectivity index (χ1) is 12.8. The van der Waals surface area contributed by atoms with E-state index in [1.54, 1.807) is 6.20 Å². The van der Waals surface area contributed by atoms with Gasteiger partial charge in [-0.05, 0) is 67.2 Å². The summed E-state index contributed by atoms with van der Waals surface area (Å²) in [5.41, 5.74) is 1.75. The molecular formula is C20H20N2O4. The second kappa shape index (κ2) is 7.47. The van der Waals surface area contributed by atoms with E-state index in [2.05, 4.69) is 10.1 Å². The largest absolute Gasteiger partial charge is 0.491 e. The lowest BCUT2D eigenvalue weighted by Gasteiger charge is -2.15. The minimum atomic E-state index is -0.133. The molecule has 0 spiro atoms. The Labute approximate surface area is 151 Å². The van der Waals surface area contributed by atoms with Gasteiger partial charge in [0, 0.05) is 17.8 Å². The molecule has 0 radical (unpaired) electrons. The molecule has 3 aromatic rings. The molecule has 134 valence electrons. The standard InChI is InChI=1S/C20H20N2O4/c23-19-12-18(26-22-19)14-7-9-16(10-8-14)24-13-15-4-3-11-21-20(15)25-17-5-1-2-6-17/h3-4,7-12,17H,1-2,5-6,13H2,(H,22,23). The number of aromatic hydroxyl groups is 1. The van der Waals surface area contributed by atoms with Crippen LogP contribution in [0, 0.1) is 0 Å². The predicted octanol–water partition coefficient (Wildman–Crippen LogP) is 4.34. The van der Waals surface area contributed by atoms with Crippen molar-refractivity contribution in [2.45, 2.75) is 38.4 Å². The molecule has 0 saturated heterocycles. The highest BCUT2D eigenvalue weighted by Gasteiger charge is 2.18. The van der Waals surface area contributed by atoms with Crippen molar-refractivity contribution < 1.29 is 19.1 Å². The third-order valence-electron chi connectivity index (χ3n) is 4.46. The van der Waals surface area contributed by atoms with Crippen molar-refractivity contribution in [3.8, 4) is 28.8 Å². The fourth-order valence-corrected chi connectivity index (χ4v) is 3.08. The normalized spacial score (nSPS) is 14.5. The fourth-order valence-electron chi connectivity index (χ4n) is 3.08. The lowest BCUT2D eigenvalue weighted by atomic mass is 10.2. The average molecular weight is 352 g/mol. The highest BCUT2D eigenvalue weighted by atomic mass is 16.5. The van der Waals surface area contributed by atoms with Gasteiger partial charge in [0.2, 0.25) is 5.88 Å². The van der Waals surface area contributed by atoms with Gasteiger partial charge in [0.1, 0.15) is 18.5 Å². The molecule has 6 heteroatoms. The summed E-state index contributed by atoms with van der Waals surface area (Å²) in [7, 11) is 0. The molecular weight excluding hydrogens is 332 g/mol. The molecule has 1 saturated carbocycles. The number of pyridine rings is 1. The van der Waals surface area contributed by atoms with E-state index in [1.165, 1.54) is 18.9 Å². The summed E-state index contributed by atoms with van der Waals surface area (Å²) in [5.74, 6) is 1.77. The molecule has 4 rings (SSSR count). The summed E-state index contributed by atoms with van der Waals surface area (Å²) in [4.78, 5) is 4.37. The zero-order valence-electron chi connectivity index (χ0n) is 14.3. The van der Waals surface area contributed by atoms with Gasteiger partial charge in [-0.25, -0.2) is 4.98 Å². The molecule has 1 N–H and O–H groups in total. The molecule has 0 aliphatic heterocycles. The Balaban J connectivity index is 1.41. The molecule has 1 aromatic carbocycles. The van der Waals surface area contributed by atoms with Crippen molar-refractivity contribution in [2.24, 2.45) is 0 Å². The molecule has 2 heterocycles. The topological polar surface area (TPSA) is 77.6 Å².